The lowest BCUT2D eigenvalue weighted by atomic mass is 9.98. The normalized spacial score (nSPS) is 13.8. The number of rotatable bonds is 7. The van der Waals surface area contributed by atoms with Crippen molar-refractivity contribution in [3.8, 4) is 11.1 Å². The number of thiocarbonyl (C=S) groups is 1. The number of hydrogen-bond donors (Lipinski definition) is 2. The summed E-state index contributed by atoms with van der Waals surface area (Å²) in [4.78, 5) is 31.2. The molecule has 4 rings (SSSR count). The summed E-state index contributed by atoms with van der Waals surface area (Å²) < 4.78 is 4.92. The lowest BCUT2D eigenvalue weighted by Crippen LogP contribution is -2.45. The van der Waals surface area contributed by atoms with Gasteiger partial charge in [-0.15, -0.1) is 11.3 Å². The van der Waals surface area contributed by atoms with Crippen molar-refractivity contribution in [2.45, 2.75) is 25.7 Å². The van der Waals surface area contributed by atoms with Gasteiger partial charge in [-0.2, -0.15) is 0 Å². The van der Waals surface area contributed by atoms with Gasteiger partial charge in [0.25, 0.3) is 5.91 Å². The molecule has 1 aliphatic rings. The number of halogens is 1. The predicted octanol–water partition coefficient (Wildman–Crippen LogP) is 5.33. The van der Waals surface area contributed by atoms with Gasteiger partial charge >= 0.3 is 5.97 Å². The van der Waals surface area contributed by atoms with Crippen LogP contribution in [0.1, 0.15) is 41.2 Å². The highest BCUT2D eigenvalue weighted by molar-refractivity contribution is 7.80. The third-order valence-corrected chi connectivity index (χ3v) is 7.57. The minimum Gasteiger partial charge on any atom is -0.465 e. The zero-order chi connectivity index (χ0) is 25.5. The van der Waals surface area contributed by atoms with Crippen molar-refractivity contribution in [2.75, 3.05) is 31.6 Å². The van der Waals surface area contributed by atoms with Crippen LogP contribution in [-0.4, -0.2) is 53.1 Å². The quantitative estimate of drug-likeness (QED) is 0.308. The summed E-state index contributed by atoms with van der Waals surface area (Å²) in [7, 11) is 0. The van der Waals surface area contributed by atoms with E-state index in [0.717, 1.165) is 47.8 Å². The SMILES string of the molecule is CCOC(=O)CNC(=S)N1CCC(c2nc(C(=O)Nc3ccccc3-c3ccc(Cl)cc3)cs2)CC1. The molecule has 0 bridgehead atoms. The minimum atomic E-state index is -0.320. The number of nitrogens with zero attached hydrogens (tertiary/aromatic N) is 2. The van der Waals surface area contributed by atoms with Crippen molar-refractivity contribution >= 4 is 57.8 Å². The third kappa shape index (κ3) is 6.60. The Morgan fingerprint density at radius 1 is 1.17 bits per heavy atom. The van der Waals surface area contributed by atoms with Gasteiger partial charge in [0.2, 0.25) is 0 Å². The number of aromatic nitrogens is 1. The summed E-state index contributed by atoms with van der Waals surface area (Å²) in [6, 6.07) is 15.2. The molecule has 1 amide bonds. The van der Waals surface area contributed by atoms with Gasteiger partial charge in [-0.3, -0.25) is 9.59 Å². The fraction of sp³-hybridized carbons (Fsp3) is 0.308. The minimum absolute atomic E-state index is 0.0682. The fourth-order valence-electron chi connectivity index (χ4n) is 4.04. The van der Waals surface area contributed by atoms with Gasteiger partial charge in [-0.05, 0) is 55.7 Å². The smallest absolute Gasteiger partial charge is 0.325 e. The Morgan fingerprint density at radius 3 is 2.61 bits per heavy atom. The number of likely N-dealkylation sites (tertiary alicyclic amines) is 1. The molecule has 0 saturated carbocycles. The number of esters is 1. The highest BCUT2D eigenvalue weighted by atomic mass is 35.5. The van der Waals surface area contributed by atoms with Crippen LogP contribution in [-0.2, 0) is 9.53 Å². The molecule has 0 aliphatic carbocycles. The molecule has 2 heterocycles. The fourth-order valence-corrected chi connectivity index (χ4v) is 5.39. The lowest BCUT2D eigenvalue weighted by molar-refractivity contribution is -0.141. The molecule has 2 aromatic carbocycles. The first-order valence-electron chi connectivity index (χ1n) is 11.7. The Bertz CT molecular complexity index is 1220. The number of amides is 1. The first-order valence-corrected chi connectivity index (χ1v) is 13.4. The van der Waals surface area contributed by atoms with Crippen molar-refractivity contribution < 1.29 is 14.3 Å². The molecule has 3 aromatic rings. The number of ether oxygens (including phenoxy) is 1. The monoisotopic (exact) mass is 542 g/mol. The van der Waals surface area contributed by atoms with E-state index in [1.54, 1.807) is 6.92 Å². The van der Waals surface area contributed by atoms with Gasteiger partial charge in [0, 0.05) is 40.7 Å². The standard InChI is InChI=1S/C26H27ClN4O3S2/c1-2-34-23(32)15-28-26(35)31-13-11-18(12-14-31)25-30-22(16-36-25)24(33)29-21-6-4-3-5-20(21)17-7-9-19(27)10-8-17/h3-10,16,18H,2,11-15H2,1H3,(H,28,35)(H,29,33). The number of anilines is 1. The maximum absolute atomic E-state index is 13.0. The van der Waals surface area contributed by atoms with Crippen LogP contribution >= 0.6 is 35.2 Å². The van der Waals surface area contributed by atoms with Crippen LogP contribution in [0.3, 0.4) is 0 Å². The second-order valence-corrected chi connectivity index (χ2v) is 10.0. The molecule has 7 nitrogen and oxygen atoms in total. The molecular weight excluding hydrogens is 516 g/mol. The van der Waals surface area contributed by atoms with Crippen molar-refractivity contribution in [1.29, 1.82) is 0 Å². The Balaban J connectivity index is 1.34. The topological polar surface area (TPSA) is 83.6 Å². The van der Waals surface area contributed by atoms with E-state index in [2.05, 4.69) is 20.5 Å². The zero-order valence-corrected chi connectivity index (χ0v) is 22.2. The molecule has 1 aromatic heterocycles. The molecule has 1 saturated heterocycles. The number of carbonyl (C=O) groups is 2. The van der Waals surface area contributed by atoms with Gasteiger partial charge in [-0.1, -0.05) is 41.9 Å². The van der Waals surface area contributed by atoms with Crippen LogP contribution in [0.2, 0.25) is 5.02 Å². The Hall–Kier alpha value is -3.01. The maximum atomic E-state index is 13.0. The molecule has 0 spiro atoms. The summed E-state index contributed by atoms with van der Waals surface area (Å²) in [5, 5.41) is 9.96. The summed E-state index contributed by atoms with van der Waals surface area (Å²) in [6.07, 6.45) is 1.74. The van der Waals surface area contributed by atoms with E-state index in [9.17, 15) is 9.59 Å². The van der Waals surface area contributed by atoms with E-state index in [1.807, 2.05) is 53.9 Å². The van der Waals surface area contributed by atoms with E-state index < -0.39 is 0 Å². The van der Waals surface area contributed by atoms with Crippen LogP contribution in [0.4, 0.5) is 5.69 Å². The lowest BCUT2D eigenvalue weighted by Gasteiger charge is -2.33. The molecule has 2 N–H and O–H groups in total. The van der Waals surface area contributed by atoms with Crippen LogP contribution in [0, 0.1) is 0 Å². The van der Waals surface area contributed by atoms with Crippen molar-refractivity contribution in [3.05, 3.63) is 69.6 Å². The number of piperidine rings is 1. The second kappa shape index (κ2) is 12.3. The molecule has 36 heavy (non-hydrogen) atoms. The van der Waals surface area contributed by atoms with Crippen LogP contribution in [0.5, 0.6) is 0 Å². The predicted molar refractivity (Wildman–Crippen MR) is 148 cm³/mol. The van der Waals surface area contributed by atoms with E-state index in [1.165, 1.54) is 11.3 Å². The van der Waals surface area contributed by atoms with Gasteiger partial charge in [0.15, 0.2) is 5.11 Å². The first-order chi connectivity index (χ1) is 17.4. The van der Waals surface area contributed by atoms with Crippen molar-refractivity contribution in [2.24, 2.45) is 0 Å². The Labute approximate surface area is 224 Å². The number of hydrogen-bond acceptors (Lipinski definition) is 6. The van der Waals surface area contributed by atoms with Gasteiger partial charge < -0.3 is 20.3 Å². The molecule has 0 atom stereocenters. The van der Waals surface area contributed by atoms with Crippen LogP contribution in [0.25, 0.3) is 11.1 Å². The third-order valence-electron chi connectivity index (χ3n) is 5.91. The molecule has 1 fully saturated rings. The average Bonchev–Trinajstić information content (AvgIpc) is 3.39. The summed E-state index contributed by atoms with van der Waals surface area (Å²) >= 11 is 13.0. The van der Waals surface area contributed by atoms with E-state index in [4.69, 9.17) is 28.6 Å². The van der Waals surface area contributed by atoms with Crippen molar-refractivity contribution in [3.63, 3.8) is 0 Å². The first kappa shape index (κ1) is 26.1. The largest absolute Gasteiger partial charge is 0.465 e. The summed E-state index contributed by atoms with van der Waals surface area (Å²) in [5.74, 6) is -0.290. The Kier molecular flexibility index (Phi) is 8.90. The van der Waals surface area contributed by atoms with E-state index in [0.29, 0.717) is 22.4 Å². The maximum Gasteiger partial charge on any atom is 0.325 e. The summed E-state index contributed by atoms with van der Waals surface area (Å²) in [6.45, 7) is 3.71. The second-order valence-electron chi connectivity index (χ2n) is 8.30. The van der Waals surface area contributed by atoms with Crippen LogP contribution < -0.4 is 10.6 Å². The zero-order valence-electron chi connectivity index (χ0n) is 19.8. The van der Waals surface area contributed by atoms with Crippen LogP contribution in [0.15, 0.2) is 53.9 Å². The van der Waals surface area contributed by atoms with Crippen molar-refractivity contribution in [1.82, 2.24) is 15.2 Å². The number of benzene rings is 2. The molecule has 1 aliphatic heterocycles. The van der Waals surface area contributed by atoms with E-state index >= 15 is 0 Å². The van der Waals surface area contributed by atoms with Gasteiger partial charge in [0.05, 0.1) is 11.6 Å². The summed E-state index contributed by atoms with van der Waals surface area (Å²) in [5.41, 5.74) is 3.01. The molecule has 0 radical (unpaired) electrons. The van der Waals surface area contributed by atoms with E-state index in [-0.39, 0.29) is 24.3 Å². The number of nitrogens with one attached hydrogen (secondary N) is 2. The number of thiazole rings is 1. The number of para-hydroxylation sites is 1. The highest BCUT2D eigenvalue weighted by Gasteiger charge is 2.25. The highest BCUT2D eigenvalue weighted by Crippen LogP contribution is 2.32. The average molecular weight is 543 g/mol. The Morgan fingerprint density at radius 2 is 1.89 bits per heavy atom. The van der Waals surface area contributed by atoms with Gasteiger partial charge in [-0.25, -0.2) is 4.98 Å². The van der Waals surface area contributed by atoms with Gasteiger partial charge in [0.1, 0.15) is 12.2 Å². The molecule has 188 valence electrons. The molecule has 0 unspecified atom stereocenters. The molecular formula is C26H27ClN4O3S2. The number of carbonyl (C=O) groups excluding carboxylic acids is 2. The molecule has 10 heteroatoms.